The van der Waals surface area contributed by atoms with E-state index in [1.165, 1.54) is 12.0 Å². The summed E-state index contributed by atoms with van der Waals surface area (Å²) in [5.41, 5.74) is 1.30. The molecular formula is C14H12BrIN2O4. The molecule has 22 heavy (non-hydrogen) atoms. The topological polar surface area (TPSA) is 75.7 Å². The first-order chi connectivity index (χ1) is 10.4. The van der Waals surface area contributed by atoms with E-state index in [0.717, 1.165) is 13.6 Å². The van der Waals surface area contributed by atoms with Gasteiger partial charge in [-0.2, -0.15) is 0 Å². The van der Waals surface area contributed by atoms with Gasteiger partial charge in [0.05, 0.1) is 16.2 Å². The Morgan fingerprint density at radius 2 is 2.14 bits per heavy atom. The molecule has 2 aliphatic heterocycles. The van der Waals surface area contributed by atoms with E-state index in [0.29, 0.717) is 24.3 Å². The number of amides is 3. The summed E-state index contributed by atoms with van der Waals surface area (Å²) in [6, 6.07) is 1.27. The zero-order chi connectivity index (χ0) is 16.0. The fourth-order valence-corrected chi connectivity index (χ4v) is 4.62. The Bertz CT molecular complexity index is 707. The first-order valence-electron chi connectivity index (χ1n) is 6.63. The Hall–Kier alpha value is -1.16. The van der Waals surface area contributed by atoms with Crippen molar-refractivity contribution in [3.63, 3.8) is 0 Å². The maximum absolute atomic E-state index is 12.8. The zero-order valence-corrected chi connectivity index (χ0v) is 15.4. The largest absolute Gasteiger partial charge is 0.495 e. The molecule has 1 unspecified atom stereocenters. The normalized spacial score (nSPS) is 21.0. The number of benzene rings is 1. The van der Waals surface area contributed by atoms with Crippen molar-refractivity contribution >= 4 is 56.2 Å². The molecule has 0 aromatic heterocycles. The average Bonchev–Trinajstić information content (AvgIpc) is 2.78. The molecule has 3 amide bonds. The van der Waals surface area contributed by atoms with Crippen LogP contribution in [0.1, 0.15) is 28.8 Å². The molecule has 1 N–H and O–H groups in total. The Kier molecular flexibility index (Phi) is 4.15. The summed E-state index contributed by atoms with van der Waals surface area (Å²) in [6.45, 7) is 0.328. The highest BCUT2D eigenvalue weighted by molar-refractivity contribution is 14.1. The average molecular weight is 479 g/mol. The smallest absolute Gasteiger partial charge is 0.259 e. The van der Waals surface area contributed by atoms with E-state index < -0.39 is 11.9 Å². The number of halogens is 2. The number of nitrogens with one attached hydrogen (secondary N) is 1. The minimum atomic E-state index is -0.619. The van der Waals surface area contributed by atoms with Gasteiger partial charge in [0, 0.05) is 23.0 Å². The third-order valence-electron chi connectivity index (χ3n) is 3.88. The van der Waals surface area contributed by atoms with Crippen LogP contribution in [0.2, 0.25) is 0 Å². The number of imide groups is 1. The van der Waals surface area contributed by atoms with Crippen molar-refractivity contribution in [1.29, 1.82) is 0 Å². The molecule has 3 rings (SSSR count). The lowest BCUT2D eigenvalue weighted by molar-refractivity contribution is -0.136. The number of fused-ring (bicyclic) bond motifs is 1. The molecule has 1 aromatic carbocycles. The second-order valence-corrected chi connectivity index (χ2v) is 7.14. The molecule has 2 heterocycles. The van der Waals surface area contributed by atoms with Crippen LogP contribution in [0.15, 0.2) is 10.5 Å². The summed E-state index contributed by atoms with van der Waals surface area (Å²) in [7, 11) is 1.52. The first-order valence-corrected chi connectivity index (χ1v) is 8.50. The molecule has 0 aliphatic carbocycles. The molecule has 2 aliphatic rings. The van der Waals surface area contributed by atoms with E-state index in [1.807, 2.05) is 6.07 Å². The lowest BCUT2D eigenvalue weighted by Crippen LogP contribution is -2.52. The molecule has 0 radical (unpaired) electrons. The lowest BCUT2D eigenvalue weighted by Gasteiger charge is -2.29. The number of rotatable bonds is 2. The van der Waals surface area contributed by atoms with Gasteiger partial charge in [0.25, 0.3) is 5.91 Å². The third-order valence-corrected chi connectivity index (χ3v) is 5.39. The van der Waals surface area contributed by atoms with Crippen LogP contribution in [0.5, 0.6) is 5.75 Å². The van der Waals surface area contributed by atoms with Crippen molar-refractivity contribution in [2.24, 2.45) is 0 Å². The second-order valence-electron chi connectivity index (χ2n) is 5.13. The number of ether oxygens (including phenoxy) is 1. The maximum Gasteiger partial charge on any atom is 0.259 e. The van der Waals surface area contributed by atoms with Crippen molar-refractivity contribution in [2.75, 3.05) is 7.11 Å². The van der Waals surface area contributed by atoms with Crippen LogP contribution in [0.4, 0.5) is 0 Å². The van der Waals surface area contributed by atoms with E-state index in [-0.39, 0.29) is 18.2 Å². The van der Waals surface area contributed by atoms with E-state index in [4.69, 9.17) is 4.74 Å². The molecule has 0 spiro atoms. The van der Waals surface area contributed by atoms with Crippen molar-refractivity contribution in [3.05, 3.63) is 25.2 Å². The van der Waals surface area contributed by atoms with Crippen molar-refractivity contribution in [1.82, 2.24) is 10.2 Å². The molecule has 0 bridgehead atoms. The van der Waals surface area contributed by atoms with Crippen LogP contribution in [-0.4, -0.2) is 35.8 Å². The van der Waals surface area contributed by atoms with E-state index >= 15 is 0 Å². The zero-order valence-electron chi connectivity index (χ0n) is 11.6. The molecule has 8 heteroatoms. The van der Waals surface area contributed by atoms with Gasteiger partial charge < -0.3 is 9.64 Å². The quantitative estimate of drug-likeness (QED) is 0.519. The van der Waals surface area contributed by atoms with Gasteiger partial charge in [0.2, 0.25) is 11.8 Å². The van der Waals surface area contributed by atoms with Gasteiger partial charge in [-0.05, 0) is 35.1 Å². The molecule has 1 fully saturated rings. The fraction of sp³-hybridized carbons (Fsp3) is 0.357. The number of methoxy groups -OCH3 is 1. The number of nitrogens with zero attached hydrogens (tertiary/aromatic N) is 1. The number of hydrogen-bond acceptors (Lipinski definition) is 4. The Balaban J connectivity index is 2.00. The first kappa shape index (κ1) is 15.7. The van der Waals surface area contributed by atoms with Gasteiger partial charge >= 0.3 is 0 Å². The Morgan fingerprint density at radius 3 is 2.77 bits per heavy atom. The summed E-state index contributed by atoms with van der Waals surface area (Å²) >= 11 is 5.58. The minimum Gasteiger partial charge on any atom is -0.495 e. The molecule has 1 saturated heterocycles. The highest BCUT2D eigenvalue weighted by Crippen LogP contribution is 2.40. The van der Waals surface area contributed by atoms with E-state index in [1.54, 1.807) is 0 Å². The van der Waals surface area contributed by atoms with Crippen LogP contribution in [0.3, 0.4) is 0 Å². The number of hydrogen-bond donors (Lipinski definition) is 1. The number of piperidine rings is 1. The maximum atomic E-state index is 12.8. The predicted molar refractivity (Wildman–Crippen MR) is 89.5 cm³/mol. The minimum absolute atomic E-state index is 0.236. The van der Waals surface area contributed by atoms with Gasteiger partial charge in [-0.25, -0.2) is 0 Å². The van der Waals surface area contributed by atoms with Crippen molar-refractivity contribution in [2.45, 2.75) is 25.4 Å². The van der Waals surface area contributed by atoms with Crippen LogP contribution in [-0.2, 0) is 16.1 Å². The fourth-order valence-electron chi connectivity index (χ4n) is 2.84. The summed E-state index contributed by atoms with van der Waals surface area (Å²) in [5, 5.41) is 2.29. The number of carbonyl (C=O) groups excluding carboxylic acids is 3. The van der Waals surface area contributed by atoms with Gasteiger partial charge in [-0.15, -0.1) is 0 Å². The van der Waals surface area contributed by atoms with Gasteiger partial charge in [-0.1, -0.05) is 15.9 Å². The van der Waals surface area contributed by atoms with Crippen LogP contribution >= 0.6 is 38.5 Å². The number of carbonyl (C=O) groups is 3. The summed E-state index contributed by atoms with van der Waals surface area (Å²) < 4.78 is 7.00. The highest BCUT2D eigenvalue weighted by Gasteiger charge is 2.41. The van der Waals surface area contributed by atoms with Crippen LogP contribution in [0.25, 0.3) is 0 Å². The predicted octanol–water partition coefficient (Wildman–Crippen LogP) is 1.82. The Morgan fingerprint density at radius 1 is 1.41 bits per heavy atom. The summed E-state index contributed by atoms with van der Waals surface area (Å²) in [4.78, 5) is 37.6. The standard InChI is InChI=1S/C14H12BrIN2O4/c1-22-12-8(16)4-7(15)6-5-18(14(21)11(6)12)9-2-3-10(19)17-13(9)20/h4,9H,2-3,5H2,1H3,(H,17,19,20). The molecule has 1 aromatic rings. The van der Waals surface area contributed by atoms with Crippen molar-refractivity contribution in [3.8, 4) is 5.75 Å². The molecule has 6 nitrogen and oxygen atoms in total. The van der Waals surface area contributed by atoms with Gasteiger partial charge in [0.1, 0.15) is 11.8 Å². The second kappa shape index (κ2) is 5.80. The molecular weight excluding hydrogens is 467 g/mol. The SMILES string of the molecule is COc1c(I)cc(Br)c2c1C(=O)N(C1CCC(=O)NC1=O)C2. The molecule has 1 atom stereocenters. The van der Waals surface area contributed by atoms with E-state index in [2.05, 4.69) is 43.8 Å². The van der Waals surface area contributed by atoms with Crippen LogP contribution in [0, 0.1) is 3.57 Å². The highest BCUT2D eigenvalue weighted by atomic mass is 127. The molecule has 116 valence electrons. The van der Waals surface area contributed by atoms with Crippen LogP contribution < -0.4 is 10.1 Å². The lowest BCUT2D eigenvalue weighted by atomic mass is 10.0. The summed E-state index contributed by atoms with van der Waals surface area (Å²) in [5.74, 6) is -0.417. The Labute approximate surface area is 148 Å². The summed E-state index contributed by atoms with van der Waals surface area (Å²) in [6.07, 6.45) is 0.591. The van der Waals surface area contributed by atoms with Crippen molar-refractivity contribution < 1.29 is 19.1 Å². The third kappa shape index (κ3) is 2.41. The molecule has 0 saturated carbocycles. The van der Waals surface area contributed by atoms with E-state index in [9.17, 15) is 14.4 Å². The monoisotopic (exact) mass is 478 g/mol. The van der Waals surface area contributed by atoms with Gasteiger partial charge in [0.15, 0.2) is 0 Å². The van der Waals surface area contributed by atoms with Gasteiger partial charge in [-0.3, -0.25) is 19.7 Å².